The van der Waals surface area contributed by atoms with Crippen LogP contribution in [0, 0.1) is 0 Å². The van der Waals surface area contributed by atoms with E-state index in [1.165, 1.54) is 0 Å². The maximum absolute atomic E-state index is 12.8. The summed E-state index contributed by atoms with van der Waals surface area (Å²) >= 11 is 6.00. The predicted molar refractivity (Wildman–Crippen MR) is 105 cm³/mol. The number of halogens is 1. The topological polar surface area (TPSA) is 74.7 Å². The molecule has 0 bridgehead atoms. The second kappa shape index (κ2) is 7.84. The summed E-state index contributed by atoms with van der Waals surface area (Å²) < 4.78 is 23.5. The number of carbonyl (C=O) groups excluding carboxylic acids is 1. The van der Waals surface area contributed by atoms with E-state index in [1.807, 2.05) is 12.1 Å². The summed E-state index contributed by atoms with van der Waals surface area (Å²) in [6.45, 7) is 0.759. The van der Waals surface area contributed by atoms with Crippen LogP contribution in [-0.2, 0) is 14.6 Å². The molecule has 2 aromatic rings. The van der Waals surface area contributed by atoms with Crippen molar-refractivity contribution in [2.24, 2.45) is 0 Å². The number of hydrogen-bond acceptors (Lipinski definition) is 4. The van der Waals surface area contributed by atoms with Crippen molar-refractivity contribution in [1.29, 1.82) is 0 Å². The fourth-order valence-electron chi connectivity index (χ4n) is 3.21. The number of sulfone groups is 1. The molecule has 1 aliphatic rings. The lowest BCUT2D eigenvalue weighted by atomic mass is 9.92. The first-order valence-electron chi connectivity index (χ1n) is 8.51. The van der Waals surface area contributed by atoms with Gasteiger partial charge in [-0.15, -0.1) is 0 Å². The van der Waals surface area contributed by atoms with Crippen LogP contribution >= 0.6 is 11.6 Å². The van der Waals surface area contributed by atoms with Gasteiger partial charge in [-0.25, -0.2) is 8.42 Å². The van der Waals surface area contributed by atoms with Gasteiger partial charge in [-0.1, -0.05) is 35.9 Å². The van der Waals surface area contributed by atoms with Crippen LogP contribution in [0.1, 0.15) is 17.5 Å². The monoisotopic (exact) mass is 405 g/mol. The summed E-state index contributed by atoms with van der Waals surface area (Å²) in [5.41, 5.74) is 3.01. The molecule has 0 radical (unpaired) electrons. The summed E-state index contributed by atoms with van der Waals surface area (Å²) in [5.74, 6) is -0.110. The van der Waals surface area contributed by atoms with Crippen molar-refractivity contribution >= 4 is 32.9 Å². The van der Waals surface area contributed by atoms with Gasteiger partial charge in [0.25, 0.3) is 5.91 Å². The molecule has 0 aromatic heterocycles. The van der Waals surface area contributed by atoms with Gasteiger partial charge in [-0.05, 0) is 47.4 Å². The first kappa shape index (κ1) is 19.6. The van der Waals surface area contributed by atoms with Gasteiger partial charge >= 0.3 is 0 Å². The fraction of sp³-hybridized carbons (Fsp3) is 0.250. The molecule has 5 nitrogen and oxygen atoms in total. The molecule has 7 heteroatoms. The number of β-amino-alcohol motifs (C(OH)–C–C–N with tert-alkyl or cyclic N) is 1. The Morgan fingerprint density at radius 3 is 2.15 bits per heavy atom. The lowest BCUT2D eigenvalue weighted by molar-refractivity contribution is -0.125. The second-order valence-corrected chi connectivity index (χ2v) is 8.87. The van der Waals surface area contributed by atoms with Crippen molar-refractivity contribution < 1.29 is 18.3 Å². The minimum atomic E-state index is -3.30. The molecule has 0 aliphatic carbocycles. The number of aliphatic hydroxyl groups excluding tert-OH is 1. The first-order chi connectivity index (χ1) is 12.8. The number of amides is 1. The molecule has 1 heterocycles. The second-order valence-electron chi connectivity index (χ2n) is 6.42. The largest absolute Gasteiger partial charge is 0.395 e. The zero-order chi connectivity index (χ0) is 19.6. The molecule has 142 valence electrons. The van der Waals surface area contributed by atoms with Crippen LogP contribution in [-0.4, -0.2) is 50.3 Å². The van der Waals surface area contributed by atoms with Crippen molar-refractivity contribution in [3.05, 3.63) is 70.3 Å². The minimum absolute atomic E-state index is 0.0850. The van der Waals surface area contributed by atoms with Gasteiger partial charge in [-0.3, -0.25) is 4.79 Å². The quantitative estimate of drug-likeness (QED) is 0.776. The Kier molecular flexibility index (Phi) is 5.69. The Balaban J connectivity index is 2.13. The molecular weight excluding hydrogens is 386 g/mol. The molecular formula is C20H20ClNO4S. The third-order valence-corrected chi connectivity index (χ3v) is 5.93. The van der Waals surface area contributed by atoms with Crippen LogP contribution in [0.3, 0.4) is 0 Å². The molecule has 1 aliphatic heterocycles. The van der Waals surface area contributed by atoms with E-state index in [-0.39, 0.29) is 17.4 Å². The third-order valence-electron chi connectivity index (χ3n) is 4.55. The number of aliphatic hydroxyl groups is 1. The van der Waals surface area contributed by atoms with Gasteiger partial charge in [0, 0.05) is 29.9 Å². The van der Waals surface area contributed by atoms with E-state index in [0.717, 1.165) is 23.0 Å². The van der Waals surface area contributed by atoms with Crippen molar-refractivity contribution in [2.45, 2.75) is 11.3 Å². The van der Waals surface area contributed by atoms with E-state index in [9.17, 15) is 13.2 Å². The number of nitrogens with zero attached hydrogens (tertiary/aromatic N) is 1. The average molecular weight is 406 g/mol. The van der Waals surface area contributed by atoms with Crippen LogP contribution in [0.15, 0.2) is 59.0 Å². The Hall–Kier alpha value is -2.15. The summed E-state index contributed by atoms with van der Waals surface area (Å²) in [6.07, 6.45) is 1.72. The van der Waals surface area contributed by atoms with Crippen LogP contribution in [0.25, 0.3) is 5.57 Å². The normalized spacial score (nSPS) is 16.7. The summed E-state index contributed by atoms with van der Waals surface area (Å²) in [7, 11) is -3.30. The number of hydrogen-bond donors (Lipinski definition) is 1. The SMILES string of the molecule is CS(=O)(=O)c1ccc(/C(=C2\CCN(CCO)C2=O)c2ccc(Cl)cc2)cc1. The lowest BCUT2D eigenvalue weighted by Gasteiger charge is -2.15. The molecule has 0 atom stereocenters. The molecule has 0 spiro atoms. The number of benzene rings is 2. The zero-order valence-corrected chi connectivity index (χ0v) is 16.4. The minimum Gasteiger partial charge on any atom is -0.395 e. The van der Waals surface area contributed by atoms with Gasteiger partial charge in [0.15, 0.2) is 9.84 Å². The number of rotatable bonds is 5. The van der Waals surface area contributed by atoms with Crippen molar-refractivity contribution in [1.82, 2.24) is 4.90 Å². The van der Waals surface area contributed by atoms with Crippen LogP contribution in [0.2, 0.25) is 5.02 Å². The van der Waals surface area contributed by atoms with Gasteiger partial charge < -0.3 is 10.0 Å². The highest BCUT2D eigenvalue weighted by molar-refractivity contribution is 7.90. The average Bonchev–Trinajstić information content (AvgIpc) is 2.98. The first-order valence-corrected chi connectivity index (χ1v) is 10.8. The van der Waals surface area contributed by atoms with Gasteiger partial charge in [0.05, 0.1) is 11.5 Å². The van der Waals surface area contributed by atoms with Crippen molar-refractivity contribution in [3.63, 3.8) is 0 Å². The Labute approximate surface area is 163 Å². The fourth-order valence-corrected chi connectivity index (χ4v) is 3.97. The van der Waals surface area contributed by atoms with Crippen LogP contribution in [0.4, 0.5) is 0 Å². The molecule has 0 unspecified atom stereocenters. The Morgan fingerprint density at radius 2 is 1.63 bits per heavy atom. The van der Waals surface area contributed by atoms with E-state index >= 15 is 0 Å². The zero-order valence-electron chi connectivity index (χ0n) is 14.9. The Morgan fingerprint density at radius 1 is 1.07 bits per heavy atom. The standard InChI is InChI=1S/C20H20ClNO4S/c1-27(25,26)17-8-4-15(5-9-17)19(14-2-6-16(21)7-3-14)18-10-11-22(12-13-23)20(18)24/h2-9,23H,10-13H2,1H3/b19-18+. The van der Waals surface area contributed by atoms with E-state index in [4.69, 9.17) is 16.7 Å². The van der Waals surface area contributed by atoms with E-state index < -0.39 is 9.84 Å². The maximum atomic E-state index is 12.8. The number of likely N-dealkylation sites (tertiary alicyclic amines) is 1. The van der Waals surface area contributed by atoms with Crippen LogP contribution in [0.5, 0.6) is 0 Å². The Bertz CT molecular complexity index is 980. The molecule has 1 fully saturated rings. The van der Waals surface area contributed by atoms with Gasteiger partial charge in [-0.2, -0.15) is 0 Å². The number of carbonyl (C=O) groups is 1. The molecule has 1 amide bonds. The van der Waals surface area contributed by atoms with Gasteiger partial charge in [0.2, 0.25) is 0 Å². The molecule has 1 N–H and O–H groups in total. The predicted octanol–water partition coefficient (Wildman–Crippen LogP) is 2.77. The summed E-state index contributed by atoms with van der Waals surface area (Å²) in [5, 5.41) is 9.75. The van der Waals surface area contributed by atoms with E-state index in [1.54, 1.807) is 41.3 Å². The van der Waals surface area contributed by atoms with Crippen molar-refractivity contribution in [3.8, 4) is 0 Å². The van der Waals surface area contributed by atoms with E-state index in [0.29, 0.717) is 30.1 Å². The maximum Gasteiger partial charge on any atom is 0.250 e. The smallest absolute Gasteiger partial charge is 0.250 e. The molecule has 0 saturated carbocycles. The highest BCUT2D eigenvalue weighted by Crippen LogP contribution is 2.33. The molecule has 2 aromatic carbocycles. The van der Waals surface area contributed by atoms with Gasteiger partial charge in [0.1, 0.15) is 0 Å². The molecule has 1 saturated heterocycles. The highest BCUT2D eigenvalue weighted by atomic mass is 35.5. The van der Waals surface area contributed by atoms with Crippen LogP contribution < -0.4 is 0 Å². The van der Waals surface area contributed by atoms with Crippen molar-refractivity contribution in [2.75, 3.05) is 26.0 Å². The summed E-state index contributed by atoms with van der Waals surface area (Å²) in [4.78, 5) is 14.7. The molecule has 3 rings (SSSR count). The highest BCUT2D eigenvalue weighted by Gasteiger charge is 2.29. The lowest BCUT2D eigenvalue weighted by Crippen LogP contribution is -2.28. The third kappa shape index (κ3) is 4.24. The molecule has 27 heavy (non-hydrogen) atoms. The van der Waals surface area contributed by atoms with E-state index in [2.05, 4.69) is 0 Å². The summed E-state index contributed by atoms with van der Waals surface area (Å²) in [6, 6.07) is 13.7.